The lowest BCUT2D eigenvalue weighted by Gasteiger charge is -2.16. The van der Waals surface area contributed by atoms with E-state index < -0.39 is 14.9 Å². The zero-order valence-corrected chi connectivity index (χ0v) is 14.9. The number of nitrogens with zero attached hydrogens (tertiary/aromatic N) is 1. The van der Waals surface area contributed by atoms with Gasteiger partial charge in [0.05, 0.1) is 9.82 Å². The van der Waals surface area contributed by atoms with Crippen LogP contribution in [0, 0.1) is 10.1 Å². The van der Waals surface area contributed by atoms with Crippen LogP contribution in [0.5, 0.6) is 0 Å². The molecular formula is C17H21N3O4S. The van der Waals surface area contributed by atoms with Crippen molar-refractivity contribution in [2.75, 3.05) is 12.4 Å². The highest BCUT2D eigenvalue weighted by Crippen LogP contribution is 2.28. The van der Waals surface area contributed by atoms with Crippen LogP contribution in [0.3, 0.4) is 0 Å². The summed E-state index contributed by atoms with van der Waals surface area (Å²) < 4.78 is 25.8. The lowest BCUT2D eigenvalue weighted by molar-refractivity contribution is -0.384. The molecule has 1 atom stereocenters. The number of nitro benzene ring substituents is 1. The maximum atomic E-state index is 11.8. The molecule has 2 aromatic carbocycles. The highest BCUT2D eigenvalue weighted by molar-refractivity contribution is 7.89. The van der Waals surface area contributed by atoms with E-state index >= 15 is 0 Å². The van der Waals surface area contributed by atoms with E-state index in [1.54, 1.807) is 0 Å². The second kappa shape index (κ2) is 8.09. The summed E-state index contributed by atoms with van der Waals surface area (Å²) in [5.74, 6) is 0. The molecule has 2 aromatic rings. The summed E-state index contributed by atoms with van der Waals surface area (Å²) in [6.07, 6.45) is 1.63. The second-order valence-electron chi connectivity index (χ2n) is 5.71. The van der Waals surface area contributed by atoms with Crippen molar-refractivity contribution in [3.63, 3.8) is 0 Å². The number of anilines is 1. The molecule has 0 fully saturated rings. The summed E-state index contributed by atoms with van der Waals surface area (Å²) >= 11 is 0. The molecule has 2 rings (SSSR count). The zero-order chi connectivity index (χ0) is 18.4. The number of sulfonamides is 1. The molecule has 0 radical (unpaired) electrons. The third kappa shape index (κ3) is 5.01. The van der Waals surface area contributed by atoms with Crippen LogP contribution >= 0.6 is 0 Å². The van der Waals surface area contributed by atoms with Crippen LogP contribution in [-0.2, 0) is 16.4 Å². The molecule has 0 saturated heterocycles. The minimum absolute atomic E-state index is 0.00864. The molecule has 8 heteroatoms. The van der Waals surface area contributed by atoms with E-state index in [-0.39, 0.29) is 16.6 Å². The fraction of sp³-hybridized carbons (Fsp3) is 0.294. The molecule has 2 N–H and O–H groups in total. The summed E-state index contributed by atoms with van der Waals surface area (Å²) in [6.45, 7) is 1.94. The van der Waals surface area contributed by atoms with Crippen molar-refractivity contribution >= 4 is 21.4 Å². The largest absolute Gasteiger partial charge is 0.377 e. The van der Waals surface area contributed by atoms with Crippen molar-refractivity contribution in [3.05, 3.63) is 64.2 Å². The highest BCUT2D eigenvalue weighted by Gasteiger charge is 2.21. The second-order valence-corrected chi connectivity index (χ2v) is 7.60. The predicted molar refractivity (Wildman–Crippen MR) is 97.2 cm³/mol. The number of rotatable bonds is 8. The molecule has 7 nitrogen and oxygen atoms in total. The number of nitrogens with one attached hydrogen (secondary N) is 2. The molecule has 0 aliphatic rings. The quantitative estimate of drug-likeness (QED) is 0.555. The molecule has 0 aromatic heterocycles. The van der Waals surface area contributed by atoms with Crippen LogP contribution in [0.1, 0.15) is 18.9 Å². The summed E-state index contributed by atoms with van der Waals surface area (Å²) in [5, 5.41) is 14.4. The molecule has 0 heterocycles. The van der Waals surface area contributed by atoms with Gasteiger partial charge in [-0.2, -0.15) is 0 Å². The van der Waals surface area contributed by atoms with Gasteiger partial charge in [0.25, 0.3) is 5.69 Å². The minimum atomic E-state index is -3.73. The molecule has 134 valence electrons. The molecule has 0 aliphatic heterocycles. The first kappa shape index (κ1) is 18.9. The Labute approximate surface area is 147 Å². The topological polar surface area (TPSA) is 101 Å². The van der Waals surface area contributed by atoms with Crippen LogP contribution < -0.4 is 10.0 Å². The maximum absolute atomic E-state index is 11.8. The van der Waals surface area contributed by atoms with Gasteiger partial charge in [-0.1, -0.05) is 30.3 Å². The molecule has 0 aliphatic carbocycles. The van der Waals surface area contributed by atoms with E-state index in [9.17, 15) is 18.5 Å². The van der Waals surface area contributed by atoms with E-state index in [1.807, 2.05) is 37.3 Å². The summed E-state index contributed by atoms with van der Waals surface area (Å²) in [7, 11) is -2.47. The van der Waals surface area contributed by atoms with Crippen molar-refractivity contribution in [1.82, 2.24) is 4.72 Å². The zero-order valence-electron chi connectivity index (χ0n) is 14.1. The van der Waals surface area contributed by atoms with Crippen LogP contribution in [0.15, 0.2) is 53.4 Å². The van der Waals surface area contributed by atoms with Crippen LogP contribution in [0.25, 0.3) is 0 Å². The van der Waals surface area contributed by atoms with E-state index in [1.165, 1.54) is 24.7 Å². The van der Waals surface area contributed by atoms with Crippen LogP contribution in [-0.4, -0.2) is 26.4 Å². The lowest BCUT2D eigenvalue weighted by Crippen LogP contribution is -2.20. The van der Waals surface area contributed by atoms with E-state index in [0.29, 0.717) is 5.69 Å². The van der Waals surface area contributed by atoms with Gasteiger partial charge in [0.1, 0.15) is 5.69 Å². The van der Waals surface area contributed by atoms with Crippen molar-refractivity contribution in [1.29, 1.82) is 0 Å². The first-order valence-electron chi connectivity index (χ1n) is 7.86. The smallest absolute Gasteiger partial charge is 0.293 e. The van der Waals surface area contributed by atoms with Crippen molar-refractivity contribution in [3.8, 4) is 0 Å². The number of aryl methyl sites for hydroxylation is 1. The van der Waals surface area contributed by atoms with E-state index in [0.717, 1.165) is 18.9 Å². The van der Waals surface area contributed by atoms with E-state index in [4.69, 9.17) is 0 Å². The Kier molecular flexibility index (Phi) is 6.11. The Bertz CT molecular complexity index is 838. The van der Waals surface area contributed by atoms with Crippen molar-refractivity contribution < 1.29 is 13.3 Å². The van der Waals surface area contributed by atoms with Crippen LogP contribution in [0.2, 0.25) is 0 Å². The molecular weight excluding hydrogens is 342 g/mol. The van der Waals surface area contributed by atoms with Gasteiger partial charge >= 0.3 is 0 Å². The fourth-order valence-electron chi connectivity index (χ4n) is 2.44. The number of benzene rings is 2. The molecule has 25 heavy (non-hydrogen) atoms. The first-order valence-corrected chi connectivity index (χ1v) is 9.34. The monoisotopic (exact) mass is 363 g/mol. The molecule has 1 unspecified atom stereocenters. The van der Waals surface area contributed by atoms with Gasteiger partial charge in [0.15, 0.2) is 0 Å². The van der Waals surface area contributed by atoms with Crippen molar-refractivity contribution in [2.24, 2.45) is 0 Å². The van der Waals surface area contributed by atoms with Gasteiger partial charge in [-0.15, -0.1) is 0 Å². The Hall–Kier alpha value is -2.45. The highest BCUT2D eigenvalue weighted by atomic mass is 32.2. The molecule has 0 amide bonds. The van der Waals surface area contributed by atoms with Crippen LogP contribution in [0.4, 0.5) is 11.4 Å². The minimum Gasteiger partial charge on any atom is -0.377 e. The average Bonchev–Trinajstić information content (AvgIpc) is 2.61. The van der Waals surface area contributed by atoms with Gasteiger partial charge < -0.3 is 5.32 Å². The predicted octanol–water partition coefficient (Wildman–Crippen LogP) is 2.94. The standard InChI is InChI=1S/C17H21N3O4S/c1-13(8-9-14-6-4-3-5-7-14)19-16-11-10-15(25(23,24)18-2)12-17(16)20(21)22/h3-7,10-13,18-19H,8-9H2,1-2H3. The summed E-state index contributed by atoms with van der Waals surface area (Å²) in [4.78, 5) is 10.6. The SMILES string of the molecule is CNS(=O)(=O)c1ccc(NC(C)CCc2ccccc2)c([N+](=O)[O-])c1. The first-order chi connectivity index (χ1) is 11.8. The normalized spacial score (nSPS) is 12.6. The Balaban J connectivity index is 2.14. The van der Waals surface area contributed by atoms with Gasteiger partial charge in [-0.25, -0.2) is 13.1 Å². The van der Waals surface area contributed by atoms with Gasteiger partial charge in [-0.05, 0) is 44.5 Å². The van der Waals surface area contributed by atoms with Gasteiger partial charge in [-0.3, -0.25) is 10.1 Å². The molecule has 0 spiro atoms. The summed E-state index contributed by atoms with van der Waals surface area (Å²) in [6, 6.07) is 13.8. The lowest BCUT2D eigenvalue weighted by atomic mass is 10.1. The Morgan fingerprint density at radius 1 is 1.16 bits per heavy atom. The van der Waals surface area contributed by atoms with Gasteiger partial charge in [0, 0.05) is 12.1 Å². The number of nitro groups is 1. The Morgan fingerprint density at radius 2 is 1.84 bits per heavy atom. The van der Waals surface area contributed by atoms with Crippen molar-refractivity contribution in [2.45, 2.75) is 30.7 Å². The fourth-order valence-corrected chi connectivity index (χ4v) is 3.18. The third-order valence-corrected chi connectivity index (χ3v) is 5.27. The third-order valence-electron chi connectivity index (χ3n) is 3.86. The Morgan fingerprint density at radius 3 is 2.44 bits per heavy atom. The molecule has 0 saturated carbocycles. The summed E-state index contributed by atoms with van der Waals surface area (Å²) in [5.41, 5.74) is 1.24. The van der Waals surface area contributed by atoms with Gasteiger partial charge in [0.2, 0.25) is 10.0 Å². The molecule has 0 bridgehead atoms. The average molecular weight is 363 g/mol. The number of hydrogen-bond acceptors (Lipinski definition) is 5. The maximum Gasteiger partial charge on any atom is 0.293 e. The van der Waals surface area contributed by atoms with E-state index in [2.05, 4.69) is 10.0 Å². The number of hydrogen-bond donors (Lipinski definition) is 2.